The van der Waals surface area contributed by atoms with Crippen molar-refractivity contribution in [1.82, 2.24) is 20.1 Å². The van der Waals surface area contributed by atoms with Crippen molar-refractivity contribution in [3.8, 4) is 11.5 Å². The number of hydrogen-bond donors (Lipinski definition) is 2. The van der Waals surface area contributed by atoms with Gasteiger partial charge in [0.25, 0.3) is 5.91 Å². The van der Waals surface area contributed by atoms with Gasteiger partial charge in [0.2, 0.25) is 12.7 Å². The van der Waals surface area contributed by atoms with Crippen molar-refractivity contribution in [2.45, 2.75) is 38.5 Å². The highest BCUT2D eigenvalue weighted by atomic mass is 32.2. The molecule has 0 radical (unpaired) electrons. The predicted octanol–water partition coefficient (Wildman–Crippen LogP) is 5.04. The summed E-state index contributed by atoms with van der Waals surface area (Å²) in [5.74, 6) is 1.69. The second-order valence-corrected chi connectivity index (χ2v) is 10.2. The van der Waals surface area contributed by atoms with Crippen LogP contribution in [0.3, 0.4) is 0 Å². The van der Waals surface area contributed by atoms with Crippen molar-refractivity contribution in [2.75, 3.05) is 17.9 Å². The van der Waals surface area contributed by atoms with Crippen LogP contribution in [0.5, 0.6) is 11.5 Å². The molecule has 0 saturated carbocycles. The molecule has 1 aliphatic rings. The van der Waals surface area contributed by atoms with Crippen LogP contribution in [0, 0.1) is 5.92 Å². The summed E-state index contributed by atoms with van der Waals surface area (Å²) in [6, 6.07) is 18.6. The lowest BCUT2D eigenvalue weighted by atomic mass is 10.0. The van der Waals surface area contributed by atoms with Gasteiger partial charge in [0.1, 0.15) is 0 Å². The summed E-state index contributed by atoms with van der Waals surface area (Å²) in [5, 5.41) is 17.6. The minimum absolute atomic E-state index is 0.0523. The molecule has 2 amide bonds. The number of nitrogens with one attached hydrogen (secondary N) is 2. The van der Waals surface area contributed by atoms with E-state index in [0.717, 1.165) is 16.5 Å². The number of nitrogens with zero attached hydrogens (tertiary/aromatic N) is 3. The van der Waals surface area contributed by atoms with E-state index in [9.17, 15) is 9.59 Å². The van der Waals surface area contributed by atoms with Crippen molar-refractivity contribution in [2.24, 2.45) is 5.92 Å². The second-order valence-electron chi connectivity index (χ2n) is 9.25. The van der Waals surface area contributed by atoms with E-state index in [2.05, 4.69) is 20.8 Å². The second kappa shape index (κ2) is 11.1. The monoisotopic (exact) mass is 531 g/mol. The Morgan fingerprint density at radius 2 is 1.79 bits per heavy atom. The normalized spacial score (nSPS) is 13.1. The number of aromatic nitrogens is 3. The zero-order valence-electron chi connectivity index (χ0n) is 21.4. The van der Waals surface area contributed by atoms with Crippen LogP contribution >= 0.6 is 11.8 Å². The molecule has 2 N–H and O–H groups in total. The van der Waals surface area contributed by atoms with E-state index in [-0.39, 0.29) is 36.3 Å². The molecule has 1 aliphatic heterocycles. The average molecular weight is 532 g/mol. The zero-order valence-corrected chi connectivity index (χ0v) is 22.2. The lowest BCUT2D eigenvalue weighted by molar-refractivity contribution is -0.113. The molecule has 0 fully saturated rings. The smallest absolute Gasteiger partial charge is 0.252 e. The van der Waals surface area contributed by atoms with Crippen LogP contribution in [-0.4, -0.2) is 39.1 Å². The van der Waals surface area contributed by atoms with E-state index in [1.54, 1.807) is 18.2 Å². The number of hydrogen-bond acceptors (Lipinski definition) is 7. The maximum Gasteiger partial charge on any atom is 0.252 e. The molecule has 4 aromatic rings. The van der Waals surface area contributed by atoms with Crippen molar-refractivity contribution in [3.63, 3.8) is 0 Å². The zero-order chi connectivity index (χ0) is 26.6. The summed E-state index contributed by atoms with van der Waals surface area (Å²) in [7, 11) is 0. The van der Waals surface area contributed by atoms with Gasteiger partial charge < -0.3 is 24.7 Å². The first-order valence-electron chi connectivity index (χ1n) is 12.5. The molecule has 1 unspecified atom stereocenters. The molecule has 5 rings (SSSR count). The van der Waals surface area contributed by atoms with Gasteiger partial charge >= 0.3 is 0 Å². The standard InChI is InChI=1S/C28H29N5O4S/c1-4-33-26(25(17(2)3)30-27(35)20-10-12-22-23(14-20)37-16-36-22)31-32-28(33)38-15-24(34)29-21-11-9-18-7-5-6-8-19(18)13-21/h5-14,17,25H,4,15-16H2,1-3H3,(H,29,34)(H,30,35). The van der Waals surface area contributed by atoms with Gasteiger partial charge in [-0.05, 0) is 53.9 Å². The van der Waals surface area contributed by atoms with Gasteiger partial charge in [-0.15, -0.1) is 10.2 Å². The SMILES string of the molecule is CCn1c(SCC(=O)Nc2ccc3ccccc3c2)nnc1C(NC(=O)c1ccc2c(c1)OCO2)C(C)C. The number of benzene rings is 3. The number of amides is 2. The van der Waals surface area contributed by atoms with Gasteiger partial charge in [-0.25, -0.2) is 0 Å². The highest BCUT2D eigenvalue weighted by molar-refractivity contribution is 7.99. The molecule has 10 heteroatoms. The fourth-order valence-corrected chi connectivity index (χ4v) is 5.13. The number of thioether (sulfide) groups is 1. The van der Waals surface area contributed by atoms with E-state index in [4.69, 9.17) is 9.47 Å². The number of fused-ring (bicyclic) bond motifs is 2. The van der Waals surface area contributed by atoms with E-state index in [0.29, 0.717) is 34.6 Å². The van der Waals surface area contributed by atoms with Crippen molar-refractivity contribution < 1.29 is 19.1 Å². The Balaban J connectivity index is 1.26. The van der Waals surface area contributed by atoms with Crippen LogP contribution in [0.4, 0.5) is 5.69 Å². The summed E-state index contributed by atoms with van der Waals surface area (Å²) < 4.78 is 12.7. The number of carbonyl (C=O) groups is 2. The highest BCUT2D eigenvalue weighted by Crippen LogP contribution is 2.33. The van der Waals surface area contributed by atoms with Gasteiger partial charge in [-0.3, -0.25) is 9.59 Å². The maximum absolute atomic E-state index is 13.1. The molecule has 38 heavy (non-hydrogen) atoms. The first-order chi connectivity index (χ1) is 18.4. The Kier molecular flexibility index (Phi) is 7.50. The fraction of sp³-hybridized carbons (Fsp3) is 0.286. The van der Waals surface area contributed by atoms with Crippen LogP contribution < -0.4 is 20.1 Å². The molecular weight excluding hydrogens is 502 g/mol. The lowest BCUT2D eigenvalue weighted by Crippen LogP contribution is -2.33. The quantitative estimate of drug-likeness (QED) is 0.292. The third-order valence-electron chi connectivity index (χ3n) is 6.29. The number of anilines is 1. The summed E-state index contributed by atoms with van der Waals surface area (Å²) in [4.78, 5) is 25.8. The molecular formula is C28H29N5O4S. The summed E-state index contributed by atoms with van der Waals surface area (Å²) in [6.07, 6.45) is 0. The van der Waals surface area contributed by atoms with E-state index >= 15 is 0 Å². The van der Waals surface area contributed by atoms with Gasteiger partial charge in [-0.1, -0.05) is 55.9 Å². The van der Waals surface area contributed by atoms with E-state index < -0.39 is 0 Å². The van der Waals surface area contributed by atoms with E-state index in [1.165, 1.54) is 11.8 Å². The third kappa shape index (κ3) is 5.45. The Bertz CT molecular complexity index is 1490. The van der Waals surface area contributed by atoms with Crippen LogP contribution in [0.1, 0.15) is 43.0 Å². The van der Waals surface area contributed by atoms with Gasteiger partial charge in [-0.2, -0.15) is 0 Å². The van der Waals surface area contributed by atoms with Crippen LogP contribution in [0.15, 0.2) is 65.8 Å². The minimum atomic E-state index is -0.374. The molecule has 1 atom stereocenters. The molecule has 2 heterocycles. The Morgan fingerprint density at radius 1 is 1.00 bits per heavy atom. The van der Waals surface area contributed by atoms with Crippen molar-refractivity contribution in [1.29, 1.82) is 0 Å². The summed E-state index contributed by atoms with van der Waals surface area (Å²) in [5.41, 5.74) is 1.22. The Hall–Kier alpha value is -4.05. The van der Waals surface area contributed by atoms with Gasteiger partial charge in [0.15, 0.2) is 22.5 Å². The number of rotatable bonds is 9. The molecule has 0 saturated heterocycles. The van der Waals surface area contributed by atoms with Gasteiger partial charge in [0, 0.05) is 17.8 Å². The van der Waals surface area contributed by atoms with Crippen molar-refractivity contribution >= 4 is 40.0 Å². The van der Waals surface area contributed by atoms with E-state index in [1.807, 2.05) is 67.8 Å². The maximum atomic E-state index is 13.1. The predicted molar refractivity (Wildman–Crippen MR) is 147 cm³/mol. The summed E-state index contributed by atoms with van der Waals surface area (Å²) >= 11 is 1.32. The molecule has 0 spiro atoms. The van der Waals surface area contributed by atoms with Crippen LogP contribution in [-0.2, 0) is 11.3 Å². The van der Waals surface area contributed by atoms with Crippen LogP contribution in [0.2, 0.25) is 0 Å². The Labute approximate surface area is 224 Å². The first-order valence-corrected chi connectivity index (χ1v) is 13.5. The van der Waals surface area contributed by atoms with Crippen LogP contribution in [0.25, 0.3) is 10.8 Å². The van der Waals surface area contributed by atoms with Crippen molar-refractivity contribution in [3.05, 3.63) is 72.1 Å². The molecule has 9 nitrogen and oxygen atoms in total. The minimum Gasteiger partial charge on any atom is -0.454 e. The Morgan fingerprint density at radius 3 is 2.58 bits per heavy atom. The largest absolute Gasteiger partial charge is 0.454 e. The molecule has 3 aromatic carbocycles. The van der Waals surface area contributed by atoms with Gasteiger partial charge in [0.05, 0.1) is 11.8 Å². The highest BCUT2D eigenvalue weighted by Gasteiger charge is 2.27. The molecule has 1 aromatic heterocycles. The first kappa shape index (κ1) is 25.6. The fourth-order valence-electron chi connectivity index (χ4n) is 4.32. The summed E-state index contributed by atoms with van der Waals surface area (Å²) in [6.45, 7) is 6.77. The molecule has 0 bridgehead atoms. The molecule has 0 aliphatic carbocycles. The number of carbonyl (C=O) groups excluding carboxylic acids is 2. The third-order valence-corrected chi connectivity index (χ3v) is 7.26. The topological polar surface area (TPSA) is 107 Å². The number of ether oxygens (including phenoxy) is 2. The average Bonchev–Trinajstić information content (AvgIpc) is 3.56. The lowest BCUT2D eigenvalue weighted by Gasteiger charge is -2.22. The molecule has 196 valence electrons.